The summed E-state index contributed by atoms with van der Waals surface area (Å²) < 4.78 is 5.59. The van der Waals surface area contributed by atoms with Crippen LogP contribution in [-0.4, -0.2) is 90.1 Å². The third-order valence-electron chi connectivity index (χ3n) is 5.70. The van der Waals surface area contributed by atoms with Crippen LogP contribution in [0.3, 0.4) is 0 Å². The fourth-order valence-corrected chi connectivity index (χ4v) is 4.13. The molecule has 2 fully saturated rings. The minimum atomic E-state index is -0.890. The number of nitrogens with two attached hydrogens (primary N) is 1. The molecule has 2 saturated heterocycles. The summed E-state index contributed by atoms with van der Waals surface area (Å²) in [5.41, 5.74) is 4.26. The summed E-state index contributed by atoms with van der Waals surface area (Å²) in [6.07, 6.45) is 2.33. The molecule has 7 heteroatoms. The van der Waals surface area contributed by atoms with Crippen LogP contribution in [0.4, 0.5) is 4.79 Å². The van der Waals surface area contributed by atoms with Crippen molar-refractivity contribution in [1.29, 1.82) is 0 Å². The van der Waals surface area contributed by atoms with Gasteiger partial charge >= 0.3 is 6.09 Å². The number of hydrogen-bond acceptors (Lipinski definition) is 6. The van der Waals surface area contributed by atoms with Crippen molar-refractivity contribution in [2.45, 2.75) is 64.1 Å². The average Bonchev–Trinajstić information content (AvgIpc) is 2.59. The van der Waals surface area contributed by atoms with E-state index in [-0.39, 0.29) is 12.3 Å². The lowest BCUT2D eigenvalue weighted by atomic mass is 9.84. The maximum Gasteiger partial charge on any atom is 0.411 e. The summed E-state index contributed by atoms with van der Waals surface area (Å²) in [4.78, 5) is 32.1. The third kappa shape index (κ3) is 4.56. The molecule has 0 aromatic heterocycles. The van der Waals surface area contributed by atoms with Gasteiger partial charge in [0.05, 0.1) is 6.54 Å². The van der Waals surface area contributed by atoms with Crippen LogP contribution in [0.1, 0.15) is 47.0 Å². The van der Waals surface area contributed by atoms with E-state index in [2.05, 4.69) is 16.8 Å². The summed E-state index contributed by atoms with van der Waals surface area (Å²) in [6, 6.07) is 0.462. The van der Waals surface area contributed by atoms with Gasteiger partial charge in [-0.15, -0.1) is 0 Å². The maximum atomic E-state index is 12.9. The van der Waals surface area contributed by atoms with Gasteiger partial charge in [0.2, 0.25) is 0 Å². The van der Waals surface area contributed by atoms with Crippen LogP contribution in [0.15, 0.2) is 0 Å². The van der Waals surface area contributed by atoms with Gasteiger partial charge in [-0.25, -0.2) is 4.79 Å². The highest BCUT2D eigenvalue weighted by atomic mass is 16.6. The molecule has 1 amide bonds. The van der Waals surface area contributed by atoms with Crippen molar-refractivity contribution in [1.82, 2.24) is 14.7 Å². The van der Waals surface area contributed by atoms with Gasteiger partial charge in [-0.1, -0.05) is 6.92 Å². The topological polar surface area (TPSA) is 79.1 Å². The Kier molecular flexibility index (Phi) is 6.69. The minimum Gasteiger partial charge on any atom is -0.444 e. The van der Waals surface area contributed by atoms with Gasteiger partial charge in [0.1, 0.15) is 11.1 Å². The zero-order valence-corrected chi connectivity index (χ0v) is 17.1. The van der Waals surface area contributed by atoms with E-state index in [0.29, 0.717) is 25.6 Å². The lowest BCUT2D eigenvalue weighted by Crippen LogP contribution is -2.70. The van der Waals surface area contributed by atoms with Gasteiger partial charge in [-0.2, -0.15) is 0 Å². The highest BCUT2D eigenvalue weighted by molar-refractivity contribution is 5.93. The molecule has 0 aliphatic carbocycles. The normalized spacial score (nSPS) is 26.8. The van der Waals surface area contributed by atoms with Gasteiger partial charge in [-0.05, 0) is 60.2 Å². The first-order valence-electron chi connectivity index (χ1n) is 9.79. The van der Waals surface area contributed by atoms with Gasteiger partial charge in [-0.3, -0.25) is 14.6 Å². The van der Waals surface area contributed by atoms with E-state index in [1.807, 2.05) is 27.7 Å². The van der Waals surface area contributed by atoms with Gasteiger partial charge < -0.3 is 15.4 Å². The second-order valence-electron chi connectivity index (χ2n) is 8.65. The first-order chi connectivity index (χ1) is 12.1. The van der Waals surface area contributed by atoms with Crippen molar-refractivity contribution in [2.75, 3.05) is 46.3 Å². The summed E-state index contributed by atoms with van der Waals surface area (Å²) in [5.74, 6) is -0.0801. The molecule has 0 aromatic carbocycles. The van der Waals surface area contributed by atoms with Gasteiger partial charge in [0.25, 0.3) is 0 Å². The number of piperazine rings is 1. The van der Waals surface area contributed by atoms with Crippen LogP contribution in [0, 0.1) is 0 Å². The number of piperidine rings is 1. The summed E-state index contributed by atoms with van der Waals surface area (Å²) in [5, 5.41) is 0. The van der Waals surface area contributed by atoms with E-state index < -0.39 is 17.2 Å². The Bertz CT molecular complexity index is 511. The number of carbonyl (C=O) groups excluding carboxylic acids is 2. The lowest BCUT2D eigenvalue weighted by Gasteiger charge is -2.52. The van der Waals surface area contributed by atoms with Crippen LogP contribution in [0.25, 0.3) is 0 Å². The first-order valence-corrected chi connectivity index (χ1v) is 9.79. The van der Waals surface area contributed by atoms with Crippen LogP contribution in [0.2, 0.25) is 0 Å². The third-order valence-corrected chi connectivity index (χ3v) is 5.70. The monoisotopic (exact) mass is 368 g/mol. The molecule has 26 heavy (non-hydrogen) atoms. The molecular weight excluding hydrogens is 332 g/mol. The Morgan fingerprint density at radius 2 is 1.77 bits per heavy atom. The SMILES string of the molecule is CCC1(C(=O)CN)CN(C2CCN(C)CC2)CCN1C(=O)OC(C)(C)C. The fourth-order valence-electron chi connectivity index (χ4n) is 4.13. The molecule has 1 atom stereocenters. The quantitative estimate of drug-likeness (QED) is 0.806. The Morgan fingerprint density at radius 1 is 1.15 bits per heavy atom. The second kappa shape index (κ2) is 8.23. The maximum absolute atomic E-state index is 12.9. The predicted molar refractivity (Wildman–Crippen MR) is 102 cm³/mol. The zero-order valence-electron chi connectivity index (χ0n) is 17.1. The number of carbonyl (C=O) groups is 2. The van der Waals surface area contributed by atoms with Crippen molar-refractivity contribution >= 4 is 11.9 Å². The van der Waals surface area contributed by atoms with E-state index in [4.69, 9.17) is 10.5 Å². The molecule has 2 aliphatic rings. The molecule has 2 aliphatic heterocycles. The van der Waals surface area contributed by atoms with Crippen molar-refractivity contribution in [3.63, 3.8) is 0 Å². The molecule has 150 valence electrons. The number of ketones is 1. The van der Waals surface area contributed by atoms with E-state index in [1.165, 1.54) is 0 Å². The number of ether oxygens (including phenoxy) is 1. The van der Waals surface area contributed by atoms with E-state index in [1.54, 1.807) is 4.90 Å². The van der Waals surface area contributed by atoms with Crippen molar-refractivity contribution in [3.8, 4) is 0 Å². The average molecular weight is 369 g/mol. The molecule has 2 N–H and O–H groups in total. The number of likely N-dealkylation sites (tertiary alicyclic amines) is 1. The lowest BCUT2D eigenvalue weighted by molar-refractivity contribution is -0.136. The Morgan fingerprint density at radius 3 is 2.27 bits per heavy atom. The Labute approximate surface area is 157 Å². The molecule has 7 nitrogen and oxygen atoms in total. The number of rotatable bonds is 4. The highest BCUT2D eigenvalue weighted by Crippen LogP contribution is 2.31. The molecule has 0 bridgehead atoms. The summed E-state index contributed by atoms with van der Waals surface area (Å²) in [6.45, 7) is 11.4. The summed E-state index contributed by atoms with van der Waals surface area (Å²) >= 11 is 0. The number of Topliss-reactive ketones (excluding diaryl/α,β-unsaturated/α-hetero) is 1. The number of hydrogen-bond donors (Lipinski definition) is 1. The molecule has 0 radical (unpaired) electrons. The van der Waals surface area contributed by atoms with Crippen LogP contribution < -0.4 is 5.73 Å². The highest BCUT2D eigenvalue weighted by Gasteiger charge is 2.50. The fraction of sp³-hybridized carbons (Fsp3) is 0.895. The number of amides is 1. The molecule has 0 spiro atoms. The van der Waals surface area contributed by atoms with Crippen LogP contribution >= 0.6 is 0 Å². The van der Waals surface area contributed by atoms with Gasteiger partial charge in [0.15, 0.2) is 5.78 Å². The molecule has 2 heterocycles. The van der Waals surface area contributed by atoms with Crippen LogP contribution in [0.5, 0.6) is 0 Å². The molecule has 1 unspecified atom stereocenters. The van der Waals surface area contributed by atoms with Crippen molar-refractivity contribution < 1.29 is 14.3 Å². The van der Waals surface area contributed by atoms with Crippen molar-refractivity contribution in [2.24, 2.45) is 5.73 Å². The largest absolute Gasteiger partial charge is 0.444 e. The Balaban J connectivity index is 2.22. The molecule has 0 saturated carbocycles. The number of nitrogens with zero attached hydrogens (tertiary/aromatic N) is 3. The second-order valence-corrected chi connectivity index (χ2v) is 8.65. The molecule has 2 rings (SSSR count). The predicted octanol–water partition coefficient (Wildman–Crippen LogP) is 1.31. The van der Waals surface area contributed by atoms with E-state index in [0.717, 1.165) is 32.5 Å². The van der Waals surface area contributed by atoms with E-state index in [9.17, 15) is 9.59 Å². The van der Waals surface area contributed by atoms with Crippen molar-refractivity contribution in [3.05, 3.63) is 0 Å². The van der Waals surface area contributed by atoms with Crippen LogP contribution in [-0.2, 0) is 9.53 Å². The summed E-state index contributed by atoms with van der Waals surface area (Å²) in [7, 11) is 2.14. The zero-order chi connectivity index (χ0) is 19.5. The smallest absolute Gasteiger partial charge is 0.411 e. The standard InChI is InChI=1S/C19H36N4O3/c1-6-19(16(24)13-20)14-22(15-7-9-21(5)10-8-15)11-12-23(19)17(25)26-18(2,3)4/h15H,6-14,20H2,1-5H3. The van der Waals surface area contributed by atoms with Gasteiger partial charge in [0, 0.05) is 25.7 Å². The van der Waals surface area contributed by atoms with E-state index >= 15 is 0 Å². The Hall–Kier alpha value is -1.18. The minimum absolute atomic E-state index is 0.0611. The first kappa shape index (κ1) is 21.1. The molecular formula is C19H36N4O3. The molecule has 0 aromatic rings.